The number of nitrogen functional groups attached to an aromatic ring is 1. The minimum absolute atomic E-state index is 0.355. The Labute approximate surface area is 111 Å². The number of rotatable bonds is 5. The fourth-order valence-corrected chi connectivity index (χ4v) is 2.03. The van der Waals surface area contributed by atoms with Gasteiger partial charge in [-0.05, 0) is 26.0 Å². The van der Waals surface area contributed by atoms with Gasteiger partial charge >= 0.3 is 0 Å². The zero-order valence-corrected chi connectivity index (χ0v) is 11.6. The van der Waals surface area contributed by atoms with E-state index in [1.807, 2.05) is 20.0 Å². The Kier molecular flexibility index (Phi) is 4.91. The zero-order valence-electron chi connectivity index (χ0n) is 10.8. The first-order valence-corrected chi connectivity index (χ1v) is 6.38. The van der Waals surface area contributed by atoms with Crippen molar-refractivity contribution in [2.45, 2.75) is 13.8 Å². The molecule has 1 heterocycles. The number of carbonyl (C=O) groups excluding carboxylic acids is 1. The monoisotopic (exact) mass is 266 g/mol. The predicted octanol–water partition coefficient (Wildman–Crippen LogP) is 1.99. The van der Waals surface area contributed by atoms with E-state index in [1.54, 1.807) is 12.3 Å². The molecule has 1 amide bonds. The average Bonchev–Trinajstić information content (AvgIpc) is 2.69. The normalized spacial score (nSPS) is 12.1. The summed E-state index contributed by atoms with van der Waals surface area (Å²) in [7, 11) is 2.01. The molecule has 4 N–H and O–H groups in total. The smallest absolute Gasteiger partial charge is 0.260 e. The van der Waals surface area contributed by atoms with E-state index < -0.39 is 5.91 Å². The van der Waals surface area contributed by atoms with Crippen molar-refractivity contribution >= 4 is 34.1 Å². The lowest BCUT2D eigenvalue weighted by Crippen LogP contribution is -2.14. The van der Waals surface area contributed by atoms with Gasteiger partial charge in [-0.3, -0.25) is 4.79 Å². The van der Waals surface area contributed by atoms with Gasteiger partial charge in [0.15, 0.2) is 0 Å². The molecule has 0 unspecified atom stereocenters. The number of hydrogen-bond acceptors (Lipinski definition) is 5. The summed E-state index contributed by atoms with van der Waals surface area (Å²) in [6.45, 7) is 5.02. The summed E-state index contributed by atoms with van der Waals surface area (Å²) in [5.41, 5.74) is 12.3. The van der Waals surface area contributed by atoms with Crippen molar-refractivity contribution < 1.29 is 4.79 Å². The molecule has 0 saturated heterocycles. The van der Waals surface area contributed by atoms with Gasteiger partial charge in [0.05, 0.1) is 5.69 Å². The molecule has 98 valence electrons. The van der Waals surface area contributed by atoms with E-state index in [0.29, 0.717) is 15.6 Å². The fourth-order valence-electron chi connectivity index (χ4n) is 1.24. The molecule has 1 aromatic rings. The Morgan fingerprint density at radius 2 is 2.28 bits per heavy atom. The van der Waals surface area contributed by atoms with Gasteiger partial charge in [-0.2, -0.15) is 0 Å². The Balaban J connectivity index is 2.79. The maximum Gasteiger partial charge on any atom is 0.260 e. The zero-order chi connectivity index (χ0) is 13.7. The highest BCUT2D eigenvalue weighted by molar-refractivity contribution is 7.18. The van der Waals surface area contributed by atoms with Crippen LogP contribution in [0.25, 0.3) is 0 Å². The Morgan fingerprint density at radius 1 is 1.61 bits per heavy atom. The molecule has 0 aliphatic rings. The Morgan fingerprint density at radius 3 is 2.78 bits per heavy atom. The molecule has 0 aromatic carbocycles. The summed E-state index contributed by atoms with van der Waals surface area (Å²) in [6, 6.07) is 1.65. The molecular weight excluding hydrogens is 248 g/mol. The fraction of sp³-hybridized carbons (Fsp3) is 0.333. The van der Waals surface area contributed by atoms with Crippen LogP contribution in [0.2, 0.25) is 0 Å². The Hall–Kier alpha value is -1.82. The third kappa shape index (κ3) is 3.59. The van der Waals surface area contributed by atoms with Gasteiger partial charge in [-0.1, -0.05) is 0 Å². The van der Waals surface area contributed by atoms with Crippen LogP contribution in [-0.2, 0) is 0 Å². The summed E-state index contributed by atoms with van der Waals surface area (Å²) in [5, 5.41) is 0.671. The maximum atomic E-state index is 11.0. The molecule has 0 spiro atoms. The number of nitrogens with zero attached hydrogens (tertiary/aromatic N) is 2. The van der Waals surface area contributed by atoms with Crippen molar-refractivity contribution in [3.8, 4) is 0 Å². The summed E-state index contributed by atoms with van der Waals surface area (Å²) >= 11 is 1.19. The summed E-state index contributed by atoms with van der Waals surface area (Å²) < 4.78 is 0. The molecule has 0 radical (unpaired) electrons. The number of aliphatic imine (C=N–C) groups is 1. The van der Waals surface area contributed by atoms with E-state index >= 15 is 0 Å². The van der Waals surface area contributed by atoms with Crippen LogP contribution in [0.3, 0.4) is 0 Å². The first-order valence-electron chi connectivity index (χ1n) is 5.57. The van der Waals surface area contributed by atoms with Crippen LogP contribution in [-0.4, -0.2) is 30.6 Å². The lowest BCUT2D eigenvalue weighted by atomic mass is 10.4. The minimum atomic E-state index is -0.517. The van der Waals surface area contributed by atoms with Crippen molar-refractivity contribution in [1.82, 2.24) is 4.90 Å². The highest BCUT2D eigenvalue weighted by Gasteiger charge is 2.10. The summed E-state index contributed by atoms with van der Waals surface area (Å²) in [6.07, 6.45) is 3.60. The second-order valence-corrected chi connectivity index (χ2v) is 4.86. The number of carbonyl (C=O) groups is 1. The van der Waals surface area contributed by atoms with Gasteiger partial charge in [-0.15, -0.1) is 11.3 Å². The number of nitrogens with two attached hydrogens (primary N) is 2. The standard InChI is InChI=1S/C12H18N4OS/c1-4-16(3)8(2)5-6-15-10-7-9(13)11(18-10)12(14)17/h5-7H,4,13H2,1-3H3,(H2,14,17)/b8-5+,15-6?. The molecule has 6 heteroatoms. The highest BCUT2D eigenvalue weighted by atomic mass is 32.1. The van der Waals surface area contributed by atoms with Gasteiger partial charge in [0.25, 0.3) is 5.91 Å². The van der Waals surface area contributed by atoms with Gasteiger partial charge in [-0.25, -0.2) is 4.99 Å². The molecule has 0 atom stereocenters. The van der Waals surface area contributed by atoms with Crippen LogP contribution in [0.1, 0.15) is 23.5 Å². The third-order valence-electron chi connectivity index (χ3n) is 2.57. The molecule has 1 rings (SSSR count). The number of primary amides is 1. The average molecular weight is 266 g/mol. The van der Waals surface area contributed by atoms with Gasteiger partial charge in [0.2, 0.25) is 0 Å². The molecular formula is C12H18N4OS. The van der Waals surface area contributed by atoms with Crippen LogP contribution in [0, 0.1) is 0 Å². The highest BCUT2D eigenvalue weighted by Crippen LogP contribution is 2.30. The minimum Gasteiger partial charge on any atom is -0.397 e. The van der Waals surface area contributed by atoms with Crippen LogP contribution in [0.5, 0.6) is 0 Å². The largest absolute Gasteiger partial charge is 0.397 e. The third-order valence-corrected chi connectivity index (χ3v) is 3.64. The van der Waals surface area contributed by atoms with Crippen LogP contribution >= 0.6 is 11.3 Å². The van der Waals surface area contributed by atoms with Crippen molar-refractivity contribution in [2.75, 3.05) is 19.3 Å². The molecule has 0 aliphatic heterocycles. The summed E-state index contributed by atoms with van der Waals surface area (Å²) in [4.78, 5) is 17.7. The number of anilines is 1. The molecule has 0 saturated carbocycles. The predicted molar refractivity (Wildman–Crippen MR) is 77.5 cm³/mol. The molecule has 0 bridgehead atoms. The van der Waals surface area contributed by atoms with Gasteiger partial charge in [0, 0.05) is 25.5 Å². The number of amides is 1. The number of thiophene rings is 1. The maximum absolute atomic E-state index is 11.0. The topological polar surface area (TPSA) is 84.7 Å². The van der Waals surface area contributed by atoms with Gasteiger partial charge < -0.3 is 16.4 Å². The second-order valence-electron chi connectivity index (χ2n) is 3.83. The first kappa shape index (κ1) is 14.2. The van der Waals surface area contributed by atoms with E-state index in [1.165, 1.54) is 11.3 Å². The molecule has 18 heavy (non-hydrogen) atoms. The van der Waals surface area contributed by atoms with E-state index in [2.05, 4.69) is 16.8 Å². The van der Waals surface area contributed by atoms with Crippen molar-refractivity contribution in [3.63, 3.8) is 0 Å². The van der Waals surface area contributed by atoms with Crippen molar-refractivity contribution in [2.24, 2.45) is 10.7 Å². The SMILES string of the molecule is CCN(C)/C(C)=C/C=Nc1cc(N)c(C(N)=O)s1. The second kappa shape index (κ2) is 6.20. The lowest BCUT2D eigenvalue weighted by molar-refractivity contribution is 0.100. The number of hydrogen-bond donors (Lipinski definition) is 2. The summed E-state index contributed by atoms with van der Waals surface area (Å²) in [5.74, 6) is -0.517. The van der Waals surface area contributed by atoms with Crippen LogP contribution in [0.15, 0.2) is 22.8 Å². The van der Waals surface area contributed by atoms with Crippen molar-refractivity contribution in [3.05, 3.63) is 22.7 Å². The van der Waals surface area contributed by atoms with E-state index in [4.69, 9.17) is 11.5 Å². The number of allylic oxidation sites excluding steroid dienone is 2. The van der Waals surface area contributed by atoms with Crippen LogP contribution < -0.4 is 11.5 Å². The molecule has 0 aliphatic carbocycles. The molecule has 0 fully saturated rings. The van der Waals surface area contributed by atoms with Crippen molar-refractivity contribution in [1.29, 1.82) is 0 Å². The van der Waals surface area contributed by atoms with Gasteiger partial charge in [0.1, 0.15) is 9.88 Å². The molecule has 1 aromatic heterocycles. The lowest BCUT2D eigenvalue weighted by Gasteiger charge is -2.15. The quantitative estimate of drug-likeness (QED) is 0.799. The van der Waals surface area contributed by atoms with Crippen LogP contribution in [0.4, 0.5) is 10.7 Å². The Bertz CT molecular complexity index is 490. The van der Waals surface area contributed by atoms with E-state index in [0.717, 1.165) is 12.2 Å². The first-order chi connectivity index (χ1) is 8.45. The molecule has 5 nitrogen and oxygen atoms in total. The van der Waals surface area contributed by atoms with E-state index in [9.17, 15) is 4.79 Å². The van der Waals surface area contributed by atoms with E-state index in [-0.39, 0.29) is 0 Å².